The van der Waals surface area contributed by atoms with Crippen molar-refractivity contribution in [2.75, 3.05) is 32.1 Å². The minimum Gasteiger partial charge on any atom is -0.371 e. The lowest BCUT2D eigenvalue weighted by Gasteiger charge is -2.21. The van der Waals surface area contributed by atoms with Crippen molar-refractivity contribution in [2.24, 2.45) is 0 Å². The normalized spacial score (nSPS) is 13.8. The zero-order valence-electron chi connectivity index (χ0n) is 16.4. The Balaban J connectivity index is 1.73. The van der Waals surface area contributed by atoms with Crippen LogP contribution in [0.25, 0.3) is 0 Å². The molecule has 0 radical (unpaired) electrons. The number of non-ortho nitro benzene ring substituents is 1. The number of amides is 1. The van der Waals surface area contributed by atoms with Crippen molar-refractivity contribution in [2.45, 2.75) is 25.9 Å². The molecule has 148 valence electrons. The maximum atomic E-state index is 12.8. The summed E-state index contributed by atoms with van der Waals surface area (Å²) >= 11 is 0. The number of rotatable bonds is 7. The molecule has 0 saturated carbocycles. The molecule has 7 nitrogen and oxygen atoms in total. The predicted molar refractivity (Wildman–Crippen MR) is 109 cm³/mol. The number of nitrogens with one attached hydrogen (secondary N) is 2. The highest BCUT2D eigenvalue weighted by molar-refractivity contribution is 6.00. The smallest absolute Gasteiger partial charge is 0.270 e. The van der Waals surface area contributed by atoms with Gasteiger partial charge in [-0.25, -0.2) is 0 Å². The summed E-state index contributed by atoms with van der Waals surface area (Å²) in [6, 6.07) is 12.7. The molecule has 1 heterocycles. The Morgan fingerprint density at radius 2 is 1.75 bits per heavy atom. The number of nitro benzene ring substituents is 1. The maximum absolute atomic E-state index is 12.8. The van der Waals surface area contributed by atoms with Gasteiger partial charge in [-0.1, -0.05) is 24.3 Å². The lowest BCUT2D eigenvalue weighted by Crippen LogP contribution is -3.04. The van der Waals surface area contributed by atoms with Crippen LogP contribution in [0, 0.1) is 10.1 Å². The molecule has 1 aliphatic rings. The SMILES string of the molecule is C[NH+](C)Cc1ccc(CNC(=O)c2cc([N+](=O)[O-])ccc2N2CCCC2)cc1. The van der Waals surface area contributed by atoms with E-state index in [1.54, 1.807) is 6.07 Å². The van der Waals surface area contributed by atoms with Gasteiger partial charge in [0.05, 0.1) is 30.3 Å². The molecule has 0 spiro atoms. The van der Waals surface area contributed by atoms with Gasteiger partial charge in [0, 0.05) is 37.3 Å². The topological polar surface area (TPSA) is 79.9 Å². The summed E-state index contributed by atoms with van der Waals surface area (Å²) in [5, 5.41) is 14.1. The number of quaternary nitrogens is 1. The summed E-state index contributed by atoms with van der Waals surface area (Å²) < 4.78 is 0. The third-order valence-corrected chi connectivity index (χ3v) is 4.92. The average molecular weight is 383 g/mol. The minimum atomic E-state index is -0.462. The number of carbonyl (C=O) groups excluding carboxylic acids is 1. The number of hydrogen-bond donors (Lipinski definition) is 2. The van der Waals surface area contributed by atoms with Crippen molar-refractivity contribution in [3.8, 4) is 0 Å². The molecule has 28 heavy (non-hydrogen) atoms. The number of hydrogen-bond acceptors (Lipinski definition) is 4. The average Bonchev–Trinajstić information content (AvgIpc) is 3.21. The molecule has 7 heteroatoms. The van der Waals surface area contributed by atoms with Gasteiger partial charge in [-0.3, -0.25) is 14.9 Å². The van der Waals surface area contributed by atoms with Gasteiger partial charge in [-0.2, -0.15) is 0 Å². The van der Waals surface area contributed by atoms with E-state index in [2.05, 4.69) is 36.4 Å². The fourth-order valence-corrected chi connectivity index (χ4v) is 3.51. The Labute approximate surface area is 165 Å². The van der Waals surface area contributed by atoms with Crippen molar-refractivity contribution >= 4 is 17.3 Å². The van der Waals surface area contributed by atoms with E-state index in [4.69, 9.17) is 0 Å². The van der Waals surface area contributed by atoms with Gasteiger partial charge < -0.3 is 15.1 Å². The van der Waals surface area contributed by atoms with Crippen molar-refractivity contribution < 1.29 is 14.6 Å². The van der Waals surface area contributed by atoms with E-state index in [1.807, 2.05) is 12.1 Å². The van der Waals surface area contributed by atoms with Crippen LogP contribution in [0.1, 0.15) is 34.3 Å². The quantitative estimate of drug-likeness (QED) is 0.564. The van der Waals surface area contributed by atoms with Gasteiger partial charge in [0.2, 0.25) is 0 Å². The number of anilines is 1. The first-order chi connectivity index (χ1) is 13.4. The van der Waals surface area contributed by atoms with Gasteiger partial charge in [0.25, 0.3) is 11.6 Å². The molecule has 3 rings (SSSR count). The largest absolute Gasteiger partial charge is 0.371 e. The molecule has 2 aromatic rings. The summed E-state index contributed by atoms with van der Waals surface area (Å²) in [5.74, 6) is -0.285. The van der Waals surface area contributed by atoms with Gasteiger partial charge in [0.1, 0.15) is 6.54 Å². The van der Waals surface area contributed by atoms with E-state index in [-0.39, 0.29) is 11.6 Å². The van der Waals surface area contributed by atoms with Crippen molar-refractivity contribution in [1.29, 1.82) is 0 Å². The molecule has 0 bridgehead atoms. The van der Waals surface area contributed by atoms with Crippen LogP contribution in [0.15, 0.2) is 42.5 Å². The zero-order chi connectivity index (χ0) is 20.1. The van der Waals surface area contributed by atoms with Crippen LogP contribution in [-0.4, -0.2) is 38.0 Å². The molecular formula is C21H27N4O3+. The predicted octanol–water partition coefficient (Wildman–Crippen LogP) is 1.77. The highest BCUT2D eigenvalue weighted by Gasteiger charge is 2.22. The summed E-state index contributed by atoms with van der Waals surface area (Å²) in [4.78, 5) is 27.0. The van der Waals surface area contributed by atoms with Crippen LogP contribution in [0.2, 0.25) is 0 Å². The van der Waals surface area contributed by atoms with Gasteiger partial charge in [-0.15, -0.1) is 0 Å². The van der Waals surface area contributed by atoms with Crippen LogP contribution in [0.3, 0.4) is 0 Å². The van der Waals surface area contributed by atoms with Crippen LogP contribution in [0.4, 0.5) is 11.4 Å². The van der Waals surface area contributed by atoms with E-state index >= 15 is 0 Å². The molecule has 0 atom stereocenters. The second-order valence-corrected chi connectivity index (χ2v) is 7.54. The molecule has 1 saturated heterocycles. The zero-order valence-corrected chi connectivity index (χ0v) is 16.4. The lowest BCUT2D eigenvalue weighted by atomic mass is 10.1. The molecule has 0 aromatic heterocycles. The van der Waals surface area contributed by atoms with Crippen molar-refractivity contribution in [3.05, 3.63) is 69.3 Å². The van der Waals surface area contributed by atoms with Crippen LogP contribution < -0.4 is 15.1 Å². The summed E-state index contributed by atoms with van der Waals surface area (Å²) in [7, 11) is 4.20. The number of benzene rings is 2. The molecular weight excluding hydrogens is 356 g/mol. The van der Waals surface area contributed by atoms with E-state index in [1.165, 1.54) is 22.6 Å². The second kappa shape index (κ2) is 8.84. The third-order valence-electron chi connectivity index (χ3n) is 4.92. The van der Waals surface area contributed by atoms with Gasteiger partial charge >= 0.3 is 0 Å². The van der Waals surface area contributed by atoms with Gasteiger partial charge in [-0.05, 0) is 24.5 Å². The maximum Gasteiger partial charge on any atom is 0.270 e. The fraction of sp³-hybridized carbons (Fsp3) is 0.381. The molecule has 1 aliphatic heterocycles. The Hall–Kier alpha value is -2.93. The molecule has 0 unspecified atom stereocenters. The molecule has 1 amide bonds. The molecule has 2 aromatic carbocycles. The second-order valence-electron chi connectivity index (χ2n) is 7.54. The lowest BCUT2D eigenvalue weighted by molar-refractivity contribution is -0.872. The Morgan fingerprint density at radius 3 is 2.36 bits per heavy atom. The van der Waals surface area contributed by atoms with Crippen molar-refractivity contribution in [1.82, 2.24) is 5.32 Å². The minimum absolute atomic E-state index is 0.0661. The van der Waals surface area contributed by atoms with E-state index in [0.717, 1.165) is 43.7 Å². The highest BCUT2D eigenvalue weighted by Crippen LogP contribution is 2.28. The molecule has 2 N–H and O–H groups in total. The first-order valence-corrected chi connectivity index (χ1v) is 9.62. The third kappa shape index (κ3) is 4.86. The summed E-state index contributed by atoms with van der Waals surface area (Å²) in [5.41, 5.74) is 3.31. The number of nitro groups is 1. The van der Waals surface area contributed by atoms with Crippen LogP contribution >= 0.6 is 0 Å². The summed E-state index contributed by atoms with van der Waals surface area (Å²) in [6.07, 6.45) is 2.14. The Bertz CT molecular complexity index is 843. The van der Waals surface area contributed by atoms with Crippen LogP contribution in [-0.2, 0) is 13.1 Å². The van der Waals surface area contributed by atoms with E-state index in [0.29, 0.717) is 12.1 Å². The number of carbonyl (C=O) groups is 1. The van der Waals surface area contributed by atoms with Crippen LogP contribution in [0.5, 0.6) is 0 Å². The van der Waals surface area contributed by atoms with Gasteiger partial charge in [0.15, 0.2) is 0 Å². The number of nitrogens with zero attached hydrogens (tertiary/aromatic N) is 2. The van der Waals surface area contributed by atoms with E-state index in [9.17, 15) is 14.9 Å². The Morgan fingerprint density at radius 1 is 1.11 bits per heavy atom. The van der Waals surface area contributed by atoms with Crippen molar-refractivity contribution in [3.63, 3.8) is 0 Å². The monoisotopic (exact) mass is 383 g/mol. The molecule has 1 fully saturated rings. The first-order valence-electron chi connectivity index (χ1n) is 9.62. The standard InChI is InChI=1S/C21H26N4O3/c1-23(2)15-17-7-5-16(6-8-17)14-22-21(26)19-13-18(25(27)28)9-10-20(19)24-11-3-4-12-24/h5-10,13H,3-4,11-12,14-15H2,1-2H3,(H,22,26)/p+1. The fourth-order valence-electron chi connectivity index (χ4n) is 3.51. The molecule has 0 aliphatic carbocycles. The van der Waals surface area contributed by atoms with E-state index < -0.39 is 4.92 Å². The highest BCUT2D eigenvalue weighted by atomic mass is 16.6. The summed E-state index contributed by atoms with van der Waals surface area (Å²) in [6.45, 7) is 3.07. The Kier molecular flexibility index (Phi) is 6.26. The first kappa shape index (κ1) is 19.8.